The highest BCUT2D eigenvalue weighted by Crippen LogP contribution is 2.31. The number of methoxy groups -OCH3 is 1. The highest BCUT2D eigenvalue weighted by atomic mass is 19.3. The van der Waals surface area contributed by atoms with Gasteiger partial charge in [0, 0.05) is 5.56 Å². The minimum absolute atomic E-state index is 0.0817. The first kappa shape index (κ1) is 15.2. The summed E-state index contributed by atoms with van der Waals surface area (Å²) in [7, 11) is 1.55. The maximum Gasteiger partial charge on any atom is 0.387 e. The quantitative estimate of drug-likeness (QED) is 0.635. The third-order valence-corrected chi connectivity index (χ3v) is 3.04. The van der Waals surface area contributed by atoms with Crippen LogP contribution in [0.3, 0.4) is 0 Å². The number of rotatable bonds is 6. The van der Waals surface area contributed by atoms with Crippen molar-refractivity contribution < 1.29 is 18.3 Å². The van der Waals surface area contributed by atoms with E-state index in [0.717, 1.165) is 5.56 Å². The largest absolute Gasteiger partial charge is 0.497 e. The standard InChI is InChI=1S/C15H16F2N2O2/c1-20-11-6-4-5-10(9-11)14(19-18)12-7-2-3-8-13(12)21-15(16)17/h2-9,14-15,19H,18H2,1H3. The molecule has 4 nitrogen and oxygen atoms in total. The molecule has 0 spiro atoms. The molecule has 0 aromatic heterocycles. The van der Waals surface area contributed by atoms with Gasteiger partial charge in [-0.2, -0.15) is 8.78 Å². The number of hydrogen-bond acceptors (Lipinski definition) is 4. The van der Waals surface area contributed by atoms with Crippen molar-refractivity contribution in [3.8, 4) is 11.5 Å². The third-order valence-electron chi connectivity index (χ3n) is 3.04. The van der Waals surface area contributed by atoms with Crippen LogP contribution in [-0.4, -0.2) is 13.7 Å². The van der Waals surface area contributed by atoms with Crippen molar-refractivity contribution in [1.82, 2.24) is 5.43 Å². The van der Waals surface area contributed by atoms with Crippen LogP contribution in [-0.2, 0) is 0 Å². The number of hydrogen-bond donors (Lipinski definition) is 2. The van der Waals surface area contributed by atoms with E-state index in [2.05, 4.69) is 10.2 Å². The summed E-state index contributed by atoms with van der Waals surface area (Å²) >= 11 is 0. The average Bonchev–Trinajstić information content (AvgIpc) is 2.49. The van der Waals surface area contributed by atoms with Gasteiger partial charge in [-0.15, -0.1) is 0 Å². The topological polar surface area (TPSA) is 56.5 Å². The molecule has 0 fully saturated rings. The van der Waals surface area contributed by atoms with Crippen LogP contribution in [0.1, 0.15) is 17.2 Å². The molecule has 6 heteroatoms. The predicted molar refractivity (Wildman–Crippen MR) is 75.2 cm³/mol. The van der Waals surface area contributed by atoms with Gasteiger partial charge in [-0.25, -0.2) is 5.43 Å². The molecule has 0 aliphatic carbocycles. The van der Waals surface area contributed by atoms with Crippen molar-refractivity contribution in [1.29, 1.82) is 0 Å². The van der Waals surface area contributed by atoms with E-state index in [1.807, 2.05) is 6.07 Å². The van der Waals surface area contributed by atoms with Gasteiger partial charge >= 0.3 is 6.61 Å². The Morgan fingerprint density at radius 3 is 2.52 bits per heavy atom. The zero-order valence-electron chi connectivity index (χ0n) is 11.4. The van der Waals surface area contributed by atoms with Crippen molar-refractivity contribution in [2.75, 3.05) is 7.11 Å². The van der Waals surface area contributed by atoms with Crippen LogP contribution >= 0.6 is 0 Å². The molecular formula is C15H16F2N2O2. The zero-order chi connectivity index (χ0) is 15.2. The maximum absolute atomic E-state index is 12.5. The summed E-state index contributed by atoms with van der Waals surface area (Å²) in [5, 5.41) is 0. The Labute approximate surface area is 121 Å². The number of para-hydroxylation sites is 1. The van der Waals surface area contributed by atoms with Crippen LogP contribution in [0.2, 0.25) is 0 Å². The molecule has 1 unspecified atom stereocenters. The highest BCUT2D eigenvalue weighted by molar-refractivity contribution is 5.43. The first-order valence-electron chi connectivity index (χ1n) is 6.29. The molecule has 0 radical (unpaired) electrons. The van der Waals surface area contributed by atoms with Crippen LogP contribution < -0.4 is 20.7 Å². The molecule has 3 N–H and O–H groups in total. The Hall–Kier alpha value is -2.18. The second kappa shape index (κ2) is 7.01. The van der Waals surface area contributed by atoms with Crippen molar-refractivity contribution in [3.05, 3.63) is 59.7 Å². The van der Waals surface area contributed by atoms with E-state index in [4.69, 9.17) is 10.6 Å². The van der Waals surface area contributed by atoms with Crippen LogP contribution in [0.15, 0.2) is 48.5 Å². The van der Waals surface area contributed by atoms with Crippen LogP contribution in [0, 0.1) is 0 Å². The minimum atomic E-state index is -2.89. The number of ether oxygens (including phenoxy) is 2. The summed E-state index contributed by atoms with van der Waals surface area (Å²) in [6.07, 6.45) is 0. The van der Waals surface area contributed by atoms with E-state index >= 15 is 0 Å². The first-order valence-corrected chi connectivity index (χ1v) is 6.29. The lowest BCUT2D eigenvalue weighted by Gasteiger charge is -2.20. The van der Waals surface area contributed by atoms with Crippen LogP contribution in [0.5, 0.6) is 11.5 Å². The SMILES string of the molecule is COc1cccc(C(NN)c2ccccc2OC(F)F)c1. The summed E-state index contributed by atoms with van der Waals surface area (Å²) in [6.45, 7) is -2.89. The van der Waals surface area contributed by atoms with Crippen molar-refractivity contribution >= 4 is 0 Å². The lowest BCUT2D eigenvalue weighted by Crippen LogP contribution is -2.29. The summed E-state index contributed by atoms with van der Waals surface area (Å²) < 4.78 is 34.7. The van der Waals surface area contributed by atoms with Crippen LogP contribution in [0.25, 0.3) is 0 Å². The Kier molecular flexibility index (Phi) is 5.08. The number of nitrogens with one attached hydrogen (secondary N) is 1. The van der Waals surface area contributed by atoms with Gasteiger partial charge in [0.1, 0.15) is 11.5 Å². The highest BCUT2D eigenvalue weighted by Gasteiger charge is 2.19. The monoisotopic (exact) mass is 294 g/mol. The van der Waals surface area contributed by atoms with Gasteiger partial charge in [-0.05, 0) is 23.8 Å². The second-order valence-electron chi connectivity index (χ2n) is 4.29. The Bertz CT molecular complexity index is 593. The molecular weight excluding hydrogens is 278 g/mol. The molecule has 0 amide bonds. The molecule has 1 atom stereocenters. The summed E-state index contributed by atoms with van der Waals surface area (Å²) in [5.74, 6) is 6.33. The lowest BCUT2D eigenvalue weighted by molar-refractivity contribution is -0.0506. The summed E-state index contributed by atoms with van der Waals surface area (Å²) in [6, 6.07) is 13.2. The third kappa shape index (κ3) is 3.68. The average molecular weight is 294 g/mol. The fraction of sp³-hybridized carbons (Fsp3) is 0.200. The summed E-state index contributed by atoms with van der Waals surface area (Å²) in [4.78, 5) is 0. The van der Waals surface area contributed by atoms with Crippen molar-refractivity contribution in [2.24, 2.45) is 5.84 Å². The van der Waals surface area contributed by atoms with E-state index < -0.39 is 12.7 Å². The molecule has 0 aliphatic rings. The Balaban J connectivity index is 2.41. The second-order valence-corrected chi connectivity index (χ2v) is 4.29. The van der Waals surface area contributed by atoms with Crippen LogP contribution in [0.4, 0.5) is 8.78 Å². The molecule has 0 aliphatic heterocycles. The molecule has 0 saturated carbocycles. The molecule has 2 rings (SSSR count). The van der Waals surface area contributed by atoms with E-state index in [1.54, 1.807) is 43.5 Å². The zero-order valence-corrected chi connectivity index (χ0v) is 11.4. The normalized spacial score (nSPS) is 12.2. The van der Waals surface area contributed by atoms with Gasteiger partial charge in [-0.1, -0.05) is 30.3 Å². The molecule has 2 aromatic carbocycles. The van der Waals surface area contributed by atoms with Gasteiger partial charge in [-0.3, -0.25) is 5.84 Å². The summed E-state index contributed by atoms with van der Waals surface area (Å²) in [5.41, 5.74) is 3.92. The molecule has 0 saturated heterocycles. The fourth-order valence-corrected chi connectivity index (χ4v) is 2.11. The first-order chi connectivity index (χ1) is 10.2. The molecule has 112 valence electrons. The smallest absolute Gasteiger partial charge is 0.387 e. The van der Waals surface area contributed by atoms with Crippen molar-refractivity contribution in [3.63, 3.8) is 0 Å². The van der Waals surface area contributed by atoms with Gasteiger partial charge in [0.05, 0.1) is 13.2 Å². The number of benzene rings is 2. The number of halogens is 2. The predicted octanol–water partition coefficient (Wildman–Crippen LogP) is 2.85. The number of alkyl halides is 2. The minimum Gasteiger partial charge on any atom is -0.497 e. The number of hydrazine groups is 1. The van der Waals surface area contributed by atoms with Gasteiger partial charge < -0.3 is 9.47 Å². The number of nitrogens with two attached hydrogens (primary N) is 1. The fourth-order valence-electron chi connectivity index (χ4n) is 2.11. The van der Waals surface area contributed by atoms with Gasteiger partial charge in [0.15, 0.2) is 0 Å². The van der Waals surface area contributed by atoms with E-state index in [9.17, 15) is 8.78 Å². The van der Waals surface area contributed by atoms with Gasteiger partial charge in [0.25, 0.3) is 0 Å². The lowest BCUT2D eigenvalue weighted by atomic mass is 9.98. The molecule has 0 bridgehead atoms. The maximum atomic E-state index is 12.5. The van der Waals surface area contributed by atoms with Gasteiger partial charge in [0.2, 0.25) is 0 Å². The Morgan fingerprint density at radius 2 is 1.86 bits per heavy atom. The van der Waals surface area contributed by atoms with E-state index in [1.165, 1.54) is 6.07 Å². The molecule has 2 aromatic rings. The van der Waals surface area contributed by atoms with E-state index in [-0.39, 0.29) is 5.75 Å². The molecule has 0 heterocycles. The molecule has 21 heavy (non-hydrogen) atoms. The van der Waals surface area contributed by atoms with E-state index in [0.29, 0.717) is 11.3 Å². The Morgan fingerprint density at radius 1 is 1.10 bits per heavy atom. The van der Waals surface area contributed by atoms with Crippen molar-refractivity contribution in [2.45, 2.75) is 12.7 Å².